The number of nitro groups is 1. The van der Waals surface area contributed by atoms with E-state index in [2.05, 4.69) is 0 Å². The van der Waals surface area contributed by atoms with E-state index < -0.39 is 34.1 Å². The van der Waals surface area contributed by atoms with Crippen molar-refractivity contribution >= 4 is 41.0 Å². The number of nitro benzene ring substituents is 1. The number of carbonyl (C=O) groups is 2. The van der Waals surface area contributed by atoms with Crippen LogP contribution in [0, 0.1) is 22.0 Å². The van der Waals surface area contributed by atoms with Gasteiger partial charge < -0.3 is 10.2 Å². The molecular formula is C14H14ClNO6S. The topological polar surface area (TPSA) is 118 Å². The van der Waals surface area contributed by atoms with Crippen molar-refractivity contribution < 1.29 is 24.7 Å². The smallest absolute Gasteiger partial charge is 0.307 e. The van der Waals surface area contributed by atoms with Gasteiger partial charge in [-0.1, -0.05) is 0 Å². The third-order valence-corrected chi connectivity index (χ3v) is 5.82. The van der Waals surface area contributed by atoms with E-state index in [-0.39, 0.29) is 23.8 Å². The van der Waals surface area contributed by atoms with Crippen molar-refractivity contribution in [3.63, 3.8) is 0 Å². The van der Waals surface area contributed by atoms with Crippen LogP contribution in [0.25, 0.3) is 0 Å². The van der Waals surface area contributed by atoms with Gasteiger partial charge in [0.25, 0.3) is 5.69 Å². The average Bonchev–Trinajstić information content (AvgIpc) is 2.49. The first-order chi connectivity index (χ1) is 10.8. The van der Waals surface area contributed by atoms with Crippen LogP contribution in [0.15, 0.2) is 29.2 Å². The monoisotopic (exact) mass is 359 g/mol. The van der Waals surface area contributed by atoms with Crippen molar-refractivity contribution in [3.05, 3.63) is 34.4 Å². The van der Waals surface area contributed by atoms with E-state index in [1.807, 2.05) is 0 Å². The van der Waals surface area contributed by atoms with Gasteiger partial charge >= 0.3 is 11.9 Å². The maximum Gasteiger partial charge on any atom is 0.307 e. The average molecular weight is 360 g/mol. The van der Waals surface area contributed by atoms with Gasteiger partial charge in [0.05, 0.1) is 16.8 Å². The zero-order chi connectivity index (χ0) is 17.1. The number of nitrogens with zero attached hydrogens (tertiary/aromatic N) is 1. The highest BCUT2D eigenvalue weighted by Crippen LogP contribution is 2.42. The molecule has 0 unspecified atom stereocenters. The van der Waals surface area contributed by atoms with E-state index in [9.17, 15) is 24.8 Å². The summed E-state index contributed by atoms with van der Waals surface area (Å²) in [5.74, 6) is -4.28. The molecular weight excluding hydrogens is 346 g/mol. The summed E-state index contributed by atoms with van der Waals surface area (Å²) in [4.78, 5) is 33.3. The molecule has 124 valence electrons. The van der Waals surface area contributed by atoms with Crippen LogP contribution in [-0.4, -0.2) is 37.7 Å². The Labute approximate surface area is 140 Å². The minimum atomic E-state index is -1.15. The fraction of sp³-hybridized carbons (Fsp3) is 0.429. The Morgan fingerprint density at radius 2 is 1.65 bits per heavy atom. The Morgan fingerprint density at radius 1 is 1.13 bits per heavy atom. The standard InChI is InChI=1S/C14H14ClNO6S/c15-11-5-9(13(17)18)10(14(19)20)6-12(11)23-8-3-1-7(2-4-8)16(21)22/h1-4,9-12H,5-6H2,(H,17,18)(H,19,20)/t9-,10+,11+,12-/m1/s1. The second kappa shape index (κ2) is 7.18. The van der Waals surface area contributed by atoms with E-state index in [1.54, 1.807) is 12.1 Å². The molecule has 1 fully saturated rings. The van der Waals surface area contributed by atoms with Crippen molar-refractivity contribution in [1.29, 1.82) is 0 Å². The molecule has 2 N–H and O–H groups in total. The molecule has 0 aromatic heterocycles. The molecule has 1 aliphatic rings. The molecule has 4 atom stereocenters. The Kier molecular flexibility index (Phi) is 5.48. The number of hydrogen-bond donors (Lipinski definition) is 2. The molecule has 2 rings (SSSR count). The molecule has 0 amide bonds. The van der Waals surface area contributed by atoms with Crippen LogP contribution < -0.4 is 0 Å². The van der Waals surface area contributed by atoms with Crippen LogP contribution in [-0.2, 0) is 9.59 Å². The number of halogens is 1. The van der Waals surface area contributed by atoms with E-state index in [1.165, 1.54) is 23.9 Å². The van der Waals surface area contributed by atoms with Gasteiger partial charge in [0.1, 0.15) is 0 Å². The summed E-state index contributed by atoms with van der Waals surface area (Å²) in [7, 11) is 0. The van der Waals surface area contributed by atoms with Crippen molar-refractivity contribution in [2.75, 3.05) is 0 Å². The number of non-ortho nitro benzene ring substituents is 1. The summed E-state index contributed by atoms with van der Waals surface area (Å²) in [6, 6.07) is 5.88. The van der Waals surface area contributed by atoms with Gasteiger partial charge in [-0.25, -0.2) is 0 Å². The molecule has 9 heteroatoms. The summed E-state index contributed by atoms with van der Waals surface area (Å²) < 4.78 is 0. The molecule has 0 heterocycles. The van der Waals surface area contributed by atoms with Gasteiger partial charge in [-0.3, -0.25) is 19.7 Å². The number of carboxylic acid groups (broad SMARTS) is 2. The molecule has 1 saturated carbocycles. The SMILES string of the molecule is O=C(O)[C@H]1C[C@@H](Sc2ccc([N+](=O)[O-])cc2)[C@@H](Cl)C[C@H]1C(=O)O. The zero-order valence-electron chi connectivity index (χ0n) is 11.8. The minimum absolute atomic E-state index is 0.0326. The number of rotatable bonds is 5. The van der Waals surface area contributed by atoms with Crippen molar-refractivity contribution in [2.24, 2.45) is 11.8 Å². The second-order valence-electron chi connectivity index (χ2n) is 5.28. The fourth-order valence-electron chi connectivity index (χ4n) is 2.61. The number of carboxylic acids is 2. The second-order valence-corrected chi connectivity index (χ2v) is 7.16. The van der Waals surface area contributed by atoms with E-state index in [0.717, 1.165) is 4.90 Å². The van der Waals surface area contributed by atoms with Crippen LogP contribution in [0.5, 0.6) is 0 Å². The highest BCUT2D eigenvalue weighted by atomic mass is 35.5. The normalized spacial score (nSPS) is 27.3. The molecule has 0 saturated heterocycles. The minimum Gasteiger partial charge on any atom is -0.481 e. The highest BCUT2D eigenvalue weighted by Gasteiger charge is 2.43. The molecule has 1 aromatic rings. The highest BCUT2D eigenvalue weighted by molar-refractivity contribution is 8.00. The predicted molar refractivity (Wildman–Crippen MR) is 83.9 cm³/mol. The first kappa shape index (κ1) is 17.6. The van der Waals surface area contributed by atoms with Crippen LogP contribution in [0.2, 0.25) is 0 Å². The third kappa shape index (κ3) is 4.14. The van der Waals surface area contributed by atoms with Crippen molar-refractivity contribution in [2.45, 2.75) is 28.4 Å². The summed E-state index contributed by atoms with van der Waals surface area (Å²) in [5.41, 5.74) is -0.0326. The van der Waals surface area contributed by atoms with Crippen LogP contribution >= 0.6 is 23.4 Å². The maximum atomic E-state index is 11.3. The summed E-state index contributed by atoms with van der Waals surface area (Å²) >= 11 is 7.55. The number of benzene rings is 1. The van der Waals surface area contributed by atoms with E-state index in [0.29, 0.717) is 0 Å². The van der Waals surface area contributed by atoms with Crippen molar-refractivity contribution in [3.8, 4) is 0 Å². The number of hydrogen-bond acceptors (Lipinski definition) is 5. The number of thioether (sulfide) groups is 1. The van der Waals surface area contributed by atoms with E-state index in [4.69, 9.17) is 16.7 Å². The first-order valence-electron chi connectivity index (χ1n) is 6.80. The Bertz CT molecular complexity index is 622. The fourth-order valence-corrected chi connectivity index (χ4v) is 4.26. The molecule has 0 radical (unpaired) electrons. The first-order valence-corrected chi connectivity index (χ1v) is 8.12. The molecule has 0 bridgehead atoms. The van der Waals surface area contributed by atoms with Gasteiger partial charge in [0.15, 0.2) is 0 Å². The Morgan fingerprint density at radius 3 is 2.13 bits per heavy atom. The van der Waals surface area contributed by atoms with Crippen molar-refractivity contribution in [1.82, 2.24) is 0 Å². The van der Waals surface area contributed by atoms with Gasteiger partial charge in [0.2, 0.25) is 0 Å². The lowest BCUT2D eigenvalue weighted by atomic mass is 9.79. The largest absolute Gasteiger partial charge is 0.481 e. The van der Waals surface area contributed by atoms with Crippen LogP contribution in [0.1, 0.15) is 12.8 Å². The maximum absolute atomic E-state index is 11.3. The summed E-state index contributed by atoms with van der Waals surface area (Å²) in [6.45, 7) is 0. The van der Waals surface area contributed by atoms with Gasteiger partial charge in [-0.05, 0) is 25.0 Å². The van der Waals surface area contributed by atoms with Gasteiger partial charge in [-0.2, -0.15) is 0 Å². The predicted octanol–water partition coefficient (Wildman–Crippen LogP) is 2.86. The molecule has 23 heavy (non-hydrogen) atoms. The van der Waals surface area contributed by atoms with Crippen LogP contribution in [0.3, 0.4) is 0 Å². The quantitative estimate of drug-likeness (QED) is 0.471. The molecule has 0 spiro atoms. The van der Waals surface area contributed by atoms with E-state index >= 15 is 0 Å². The molecule has 0 aliphatic heterocycles. The number of aliphatic carboxylic acids is 2. The molecule has 1 aromatic carbocycles. The van der Waals surface area contributed by atoms with Gasteiger partial charge in [0, 0.05) is 27.7 Å². The number of alkyl halides is 1. The summed E-state index contributed by atoms with van der Waals surface area (Å²) in [6.07, 6.45) is 0.223. The molecule has 1 aliphatic carbocycles. The Balaban J connectivity index is 2.11. The third-order valence-electron chi connectivity index (χ3n) is 3.82. The lowest BCUT2D eigenvalue weighted by Crippen LogP contribution is -2.41. The molecule has 7 nitrogen and oxygen atoms in total. The lowest BCUT2D eigenvalue weighted by Gasteiger charge is -2.34. The zero-order valence-corrected chi connectivity index (χ0v) is 13.4. The van der Waals surface area contributed by atoms with Gasteiger partial charge in [-0.15, -0.1) is 23.4 Å². The van der Waals surface area contributed by atoms with Crippen LogP contribution in [0.4, 0.5) is 5.69 Å². The summed E-state index contributed by atoms with van der Waals surface area (Å²) in [5, 5.41) is 28.3. The lowest BCUT2D eigenvalue weighted by molar-refractivity contribution is -0.384. The Hall–Kier alpha value is -1.80.